The highest BCUT2D eigenvalue weighted by atomic mass is 16.5. The second-order valence-electron chi connectivity index (χ2n) is 5.37. The van der Waals surface area contributed by atoms with Crippen molar-refractivity contribution >= 4 is 10.9 Å². The van der Waals surface area contributed by atoms with Gasteiger partial charge in [0, 0.05) is 18.0 Å². The summed E-state index contributed by atoms with van der Waals surface area (Å²) in [6.45, 7) is -0.217. The summed E-state index contributed by atoms with van der Waals surface area (Å²) in [5.74, 6) is 0.707. The SMILES string of the molecule is COc1cccc2c1c(CC#N)cn2[C@H]1C[C@H](O)[C@@H](CO)O1. The molecule has 1 aliphatic heterocycles. The fourth-order valence-corrected chi connectivity index (χ4v) is 3.04. The molecule has 0 aliphatic carbocycles. The van der Waals surface area contributed by atoms with Crippen LogP contribution in [0.2, 0.25) is 0 Å². The Hall–Kier alpha value is -2.07. The summed E-state index contributed by atoms with van der Waals surface area (Å²) in [6, 6.07) is 7.83. The zero-order valence-corrected chi connectivity index (χ0v) is 12.3. The molecule has 0 spiro atoms. The van der Waals surface area contributed by atoms with Gasteiger partial charge in [-0.25, -0.2) is 0 Å². The molecule has 0 bridgehead atoms. The van der Waals surface area contributed by atoms with Gasteiger partial charge in [0.15, 0.2) is 0 Å². The molecular formula is C16H18N2O4. The van der Waals surface area contributed by atoms with Gasteiger partial charge in [-0.05, 0) is 17.7 Å². The van der Waals surface area contributed by atoms with Gasteiger partial charge in [-0.2, -0.15) is 5.26 Å². The van der Waals surface area contributed by atoms with Crippen LogP contribution < -0.4 is 4.74 Å². The molecule has 0 unspecified atom stereocenters. The molecule has 1 aromatic heterocycles. The number of rotatable bonds is 4. The summed E-state index contributed by atoms with van der Waals surface area (Å²) >= 11 is 0. The van der Waals surface area contributed by atoms with Crippen molar-refractivity contribution in [2.45, 2.75) is 31.3 Å². The van der Waals surface area contributed by atoms with E-state index in [1.165, 1.54) is 0 Å². The third kappa shape index (κ3) is 2.33. The second kappa shape index (κ2) is 5.97. The number of aliphatic hydroxyl groups excluding tert-OH is 2. The quantitative estimate of drug-likeness (QED) is 0.890. The van der Waals surface area contributed by atoms with Gasteiger partial charge in [0.05, 0.1) is 37.8 Å². The van der Waals surface area contributed by atoms with Gasteiger partial charge in [0.1, 0.15) is 18.1 Å². The van der Waals surface area contributed by atoms with Gasteiger partial charge in [-0.15, -0.1) is 0 Å². The average Bonchev–Trinajstić information content (AvgIpc) is 3.08. The lowest BCUT2D eigenvalue weighted by molar-refractivity contribution is -0.0429. The number of ether oxygens (including phenoxy) is 2. The number of aliphatic hydroxyl groups is 2. The van der Waals surface area contributed by atoms with Crippen LogP contribution in [0.5, 0.6) is 5.75 Å². The Morgan fingerprint density at radius 1 is 1.50 bits per heavy atom. The van der Waals surface area contributed by atoms with E-state index in [9.17, 15) is 10.2 Å². The van der Waals surface area contributed by atoms with Crippen LogP contribution in [0.4, 0.5) is 0 Å². The van der Waals surface area contributed by atoms with E-state index in [1.54, 1.807) is 7.11 Å². The van der Waals surface area contributed by atoms with Crippen LogP contribution in [0.15, 0.2) is 24.4 Å². The lowest BCUT2D eigenvalue weighted by atomic mass is 10.1. The first-order chi connectivity index (χ1) is 10.7. The minimum absolute atomic E-state index is 0.217. The number of nitriles is 1. The Morgan fingerprint density at radius 2 is 2.32 bits per heavy atom. The topological polar surface area (TPSA) is 87.6 Å². The van der Waals surface area contributed by atoms with Gasteiger partial charge in [-0.1, -0.05) is 6.07 Å². The first-order valence-electron chi connectivity index (χ1n) is 7.17. The molecule has 1 fully saturated rings. The van der Waals surface area contributed by atoms with Crippen LogP contribution in [0, 0.1) is 11.3 Å². The van der Waals surface area contributed by atoms with Crippen LogP contribution in [-0.2, 0) is 11.2 Å². The van der Waals surface area contributed by atoms with Gasteiger partial charge in [-0.3, -0.25) is 0 Å². The molecular weight excluding hydrogens is 284 g/mol. The lowest BCUT2D eigenvalue weighted by Crippen LogP contribution is -2.24. The molecule has 1 aliphatic rings. The van der Waals surface area contributed by atoms with Crippen LogP contribution in [0.3, 0.4) is 0 Å². The van der Waals surface area contributed by atoms with Crippen molar-refractivity contribution in [2.75, 3.05) is 13.7 Å². The Kier molecular flexibility index (Phi) is 4.03. The predicted octanol–water partition coefficient (Wildman–Crippen LogP) is 1.36. The van der Waals surface area contributed by atoms with Crippen molar-refractivity contribution in [3.05, 3.63) is 30.0 Å². The standard InChI is InChI=1S/C16H18N2O4/c1-21-13-4-2-3-11-16(13)10(5-6-17)8-18(11)15-7-12(20)14(9-19)22-15/h2-4,8,12,14-15,19-20H,5,7,9H2,1H3/t12-,14+,15+/m0/s1. The minimum atomic E-state index is -0.697. The van der Waals surface area contributed by atoms with E-state index in [-0.39, 0.29) is 19.3 Å². The number of hydrogen-bond acceptors (Lipinski definition) is 5. The molecule has 3 rings (SSSR count). The van der Waals surface area contributed by atoms with Crippen molar-refractivity contribution in [2.24, 2.45) is 0 Å². The summed E-state index contributed by atoms with van der Waals surface area (Å²) in [5.41, 5.74) is 1.75. The van der Waals surface area contributed by atoms with Crippen LogP contribution in [-0.4, -0.2) is 40.7 Å². The van der Waals surface area contributed by atoms with Crippen molar-refractivity contribution in [1.82, 2.24) is 4.57 Å². The van der Waals surface area contributed by atoms with Gasteiger partial charge in [0.2, 0.25) is 0 Å². The number of nitrogens with zero attached hydrogens (tertiary/aromatic N) is 2. The van der Waals surface area contributed by atoms with Crippen molar-refractivity contribution in [3.8, 4) is 11.8 Å². The first kappa shape index (κ1) is 14.9. The molecule has 0 amide bonds. The Bertz CT molecular complexity index is 719. The third-order valence-corrected chi connectivity index (χ3v) is 4.08. The first-order valence-corrected chi connectivity index (χ1v) is 7.17. The number of benzene rings is 1. The van der Waals surface area contributed by atoms with E-state index in [0.717, 1.165) is 16.5 Å². The molecule has 6 heteroatoms. The van der Waals surface area contributed by atoms with Crippen LogP contribution in [0.1, 0.15) is 18.2 Å². The average molecular weight is 302 g/mol. The van der Waals surface area contributed by atoms with Crippen molar-refractivity contribution < 1.29 is 19.7 Å². The summed E-state index contributed by atoms with van der Waals surface area (Å²) in [6.07, 6.45) is 0.896. The summed E-state index contributed by atoms with van der Waals surface area (Å²) < 4.78 is 13.0. The molecule has 2 aromatic rings. The highest BCUT2D eigenvalue weighted by Crippen LogP contribution is 2.37. The Morgan fingerprint density at radius 3 is 2.95 bits per heavy atom. The fraction of sp³-hybridized carbons (Fsp3) is 0.438. The molecule has 1 saturated heterocycles. The van der Waals surface area contributed by atoms with Gasteiger partial charge < -0.3 is 24.3 Å². The number of hydrogen-bond donors (Lipinski definition) is 2. The van der Waals surface area contributed by atoms with E-state index in [4.69, 9.17) is 14.7 Å². The monoisotopic (exact) mass is 302 g/mol. The molecule has 0 saturated carbocycles. The molecule has 6 nitrogen and oxygen atoms in total. The maximum atomic E-state index is 9.93. The zero-order valence-electron chi connectivity index (χ0n) is 12.3. The van der Waals surface area contributed by atoms with E-state index in [1.807, 2.05) is 29.0 Å². The summed E-state index contributed by atoms with van der Waals surface area (Å²) in [4.78, 5) is 0. The molecule has 0 radical (unpaired) electrons. The highest BCUT2D eigenvalue weighted by Gasteiger charge is 2.35. The molecule has 116 valence electrons. The maximum Gasteiger partial charge on any atom is 0.137 e. The Labute approximate surface area is 128 Å². The predicted molar refractivity (Wildman–Crippen MR) is 79.4 cm³/mol. The third-order valence-electron chi connectivity index (χ3n) is 4.08. The molecule has 22 heavy (non-hydrogen) atoms. The van der Waals surface area contributed by atoms with Gasteiger partial charge in [0.25, 0.3) is 0 Å². The summed E-state index contributed by atoms with van der Waals surface area (Å²) in [5, 5.41) is 29.1. The van der Waals surface area contributed by atoms with E-state index in [2.05, 4.69) is 6.07 Å². The van der Waals surface area contributed by atoms with Crippen LogP contribution in [0.25, 0.3) is 10.9 Å². The van der Waals surface area contributed by atoms with Crippen molar-refractivity contribution in [1.29, 1.82) is 5.26 Å². The zero-order chi connectivity index (χ0) is 15.7. The van der Waals surface area contributed by atoms with Crippen LogP contribution >= 0.6 is 0 Å². The van der Waals surface area contributed by atoms with Gasteiger partial charge >= 0.3 is 0 Å². The maximum absolute atomic E-state index is 9.93. The fourth-order valence-electron chi connectivity index (χ4n) is 3.04. The molecule has 3 atom stereocenters. The highest BCUT2D eigenvalue weighted by molar-refractivity contribution is 5.90. The normalized spacial score (nSPS) is 24.5. The number of aromatic nitrogens is 1. The Balaban J connectivity index is 2.09. The molecule has 1 aromatic carbocycles. The molecule has 2 N–H and O–H groups in total. The second-order valence-corrected chi connectivity index (χ2v) is 5.37. The lowest BCUT2D eigenvalue weighted by Gasteiger charge is -2.15. The van der Waals surface area contributed by atoms with E-state index in [0.29, 0.717) is 12.2 Å². The molecule has 2 heterocycles. The smallest absolute Gasteiger partial charge is 0.137 e. The minimum Gasteiger partial charge on any atom is -0.496 e. The van der Waals surface area contributed by atoms with E-state index >= 15 is 0 Å². The summed E-state index contributed by atoms with van der Waals surface area (Å²) in [7, 11) is 1.60. The number of methoxy groups -OCH3 is 1. The largest absolute Gasteiger partial charge is 0.496 e. The number of fused-ring (bicyclic) bond motifs is 1. The van der Waals surface area contributed by atoms with E-state index < -0.39 is 12.2 Å². The van der Waals surface area contributed by atoms with Crippen molar-refractivity contribution in [3.63, 3.8) is 0 Å².